The van der Waals surface area contributed by atoms with Crippen LogP contribution in [0.2, 0.25) is 5.02 Å². The SMILES string of the molecule is COc1ccccc1C1CNCCN1C(=O)c1cc(Cl)c2c(c1)OCO2.Cl. The van der Waals surface area contributed by atoms with Crippen LogP contribution in [0.4, 0.5) is 0 Å². The van der Waals surface area contributed by atoms with Crippen molar-refractivity contribution in [2.24, 2.45) is 0 Å². The van der Waals surface area contributed by atoms with E-state index in [2.05, 4.69) is 5.32 Å². The quantitative estimate of drug-likeness (QED) is 0.840. The van der Waals surface area contributed by atoms with E-state index in [1.165, 1.54) is 0 Å². The molecular formula is C19H20Cl2N2O4. The van der Waals surface area contributed by atoms with Crippen LogP contribution in [0.5, 0.6) is 17.2 Å². The Hall–Kier alpha value is -2.15. The predicted octanol–water partition coefficient (Wildman–Crippen LogP) is 3.29. The van der Waals surface area contributed by atoms with Crippen LogP contribution in [0.25, 0.3) is 0 Å². The second-order valence-corrected chi connectivity index (χ2v) is 6.56. The molecule has 2 aromatic rings. The van der Waals surface area contributed by atoms with Crippen LogP contribution in [0.1, 0.15) is 22.0 Å². The molecule has 1 unspecified atom stereocenters. The molecule has 6 nitrogen and oxygen atoms in total. The molecule has 4 rings (SSSR count). The minimum atomic E-state index is -0.128. The number of nitrogens with one attached hydrogen (secondary N) is 1. The third kappa shape index (κ3) is 3.65. The van der Waals surface area contributed by atoms with Gasteiger partial charge in [0.2, 0.25) is 6.79 Å². The zero-order chi connectivity index (χ0) is 18.1. The number of hydrogen-bond acceptors (Lipinski definition) is 5. The van der Waals surface area contributed by atoms with Crippen molar-refractivity contribution in [3.05, 3.63) is 52.5 Å². The molecule has 0 bridgehead atoms. The second-order valence-electron chi connectivity index (χ2n) is 6.15. The standard InChI is InChI=1S/C19H19ClN2O4.ClH/c1-24-16-5-3-2-4-13(16)15-10-21-6-7-22(15)19(23)12-8-14(20)18-17(9-12)25-11-26-18;/h2-5,8-9,15,21H,6-7,10-11H2,1H3;1H. The van der Waals surface area contributed by atoms with Crippen molar-refractivity contribution in [3.63, 3.8) is 0 Å². The van der Waals surface area contributed by atoms with Crippen molar-refractivity contribution in [1.29, 1.82) is 0 Å². The number of piperazine rings is 1. The molecule has 1 N–H and O–H groups in total. The van der Waals surface area contributed by atoms with Crippen LogP contribution >= 0.6 is 24.0 Å². The number of methoxy groups -OCH3 is 1. The van der Waals surface area contributed by atoms with Crippen molar-refractivity contribution in [3.8, 4) is 17.2 Å². The number of benzene rings is 2. The summed E-state index contributed by atoms with van der Waals surface area (Å²) in [7, 11) is 1.64. The Balaban J connectivity index is 0.00000210. The van der Waals surface area contributed by atoms with Gasteiger partial charge in [-0.25, -0.2) is 0 Å². The summed E-state index contributed by atoms with van der Waals surface area (Å²) < 4.78 is 16.2. The van der Waals surface area contributed by atoms with Crippen molar-refractivity contribution in [1.82, 2.24) is 10.2 Å². The summed E-state index contributed by atoms with van der Waals surface area (Å²) in [5, 5.41) is 3.74. The van der Waals surface area contributed by atoms with Crippen LogP contribution in [-0.4, -0.2) is 44.3 Å². The summed E-state index contributed by atoms with van der Waals surface area (Å²) in [5.74, 6) is 1.67. The van der Waals surface area contributed by atoms with Gasteiger partial charge in [-0.2, -0.15) is 0 Å². The van der Waals surface area contributed by atoms with E-state index in [0.717, 1.165) is 17.9 Å². The Morgan fingerprint density at radius 3 is 2.93 bits per heavy atom. The van der Waals surface area contributed by atoms with E-state index in [-0.39, 0.29) is 31.1 Å². The molecule has 27 heavy (non-hydrogen) atoms. The summed E-state index contributed by atoms with van der Waals surface area (Å²) in [5.41, 5.74) is 1.46. The monoisotopic (exact) mass is 410 g/mol. The Morgan fingerprint density at radius 2 is 2.11 bits per heavy atom. The van der Waals surface area contributed by atoms with Gasteiger partial charge in [-0.3, -0.25) is 4.79 Å². The summed E-state index contributed by atoms with van der Waals surface area (Å²) >= 11 is 6.25. The van der Waals surface area contributed by atoms with Crippen LogP contribution in [0.15, 0.2) is 36.4 Å². The van der Waals surface area contributed by atoms with Gasteiger partial charge in [0.25, 0.3) is 5.91 Å². The maximum absolute atomic E-state index is 13.2. The van der Waals surface area contributed by atoms with E-state index in [1.54, 1.807) is 19.2 Å². The molecule has 2 aromatic carbocycles. The Kier molecular flexibility index (Phi) is 5.99. The van der Waals surface area contributed by atoms with Gasteiger partial charge in [0.1, 0.15) is 5.75 Å². The molecule has 2 aliphatic rings. The molecular weight excluding hydrogens is 391 g/mol. The summed E-state index contributed by atoms with van der Waals surface area (Å²) in [6.07, 6.45) is 0. The molecule has 1 fully saturated rings. The lowest BCUT2D eigenvalue weighted by atomic mass is 10.0. The number of rotatable bonds is 3. The lowest BCUT2D eigenvalue weighted by molar-refractivity contribution is 0.0631. The first-order valence-corrected chi connectivity index (χ1v) is 8.80. The zero-order valence-corrected chi connectivity index (χ0v) is 16.3. The van der Waals surface area contributed by atoms with Gasteiger partial charge in [-0.05, 0) is 18.2 Å². The molecule has 8 heteroatoms. The van der Waals surface area contributed by atoms with Crippen LogP contribution in [0, 0.1) is 0 Å². The van der Waals surface area contributed by atoms with Crippen molar-refractivity contribution >= 4 is 29.9 Å². The normalized spacial score (nSPS) is 18.0. The van der Waals surface area contributed by atoms with Gasteiger partial charge in [0.15, 0.2) is 11.5 Å². The highest BCUT2D eigenvalue weighted by Crippen LogP contribution is 2.40. The first kappa shape index (κ1) is 19.6. The fourth-order valence-electron chi connectivity index (χ4n) is 3.42. The van der Waals surface area contributed by atoms with E-state index in [9.17, 15) is 4.79 Å². The minimum absolute atomic E-state index is 0. The molecule has 1 amide bonds. The molecule has 0 saturated carbocycles. The van der Waals surface area contributed by atoms with E-state index in [1.807, 2.05) is 29.2 Å². The average Bonchev–Trinajstić information content (AvgIpc) is 3.16. The average molecular weight is 411 g/mol. The highest BCUT2D eigenvalue weighted by Gasteiger charge is 2.31. The number of halogens is 2. The van der Waals surface area contributed by atoms with E-state index < -0.39 is 0 Å². The summed E-state index contributed by atoms with van der Waals surface area (Å²) in [4.78, 5) is 15.1. The number of carbonyl (C=O) groups excluding carboxylic acids is 1. The number of fused-ring (bicyclic) bond motifs is 1. The Labute approximate surface area is 168 Å². The van der Waals surface area contributed by atoms with Gasteiger partial charge >= 0.3 is 0 Å². The number of hydrogen-bond donors (Lipinski definition) is 1. The maximum atomic E-state index is 13.2. The first-order valence-electron chi connectivity index (χ1n) is 8.43. The molecule has 144 valence electrons. The summed E-state index contributed by atoms with van der Waals surface area (Å²) in [6, 6.07) is 11.0. The molecule has 1 saturated heterocycles. The number of amides is 1. The molecule has 2 heterocycles. The molecule has 2 aliphatic heterocycles. The number of ether oxygens (including phenoxy) is 3. The molecule has 0 aliphatic carbocycles. The Morgan fingerprint density at radius 1 is 1.30 bits per heavy atom. The third-order valence-corrected chi connectivity index (χ3v) is 4.96. The lowest BCUT2D eigenvalue weighted by Gasteiger charge is -2.37. The zero-order valence-electron chi connectivity index (χ0n) is 14.7. The number of para-hydroxylation sites is 1. The smallest absolute Gasteiger partial charge is 0.254 e. The maximum Gasteiger partial charge on any atom is 0.254 e. The lowest BCUT2D eigenvalue weighted by Crippen LogP contribution is -2.48. The second kappa shape index (κ2) is 8.25. The van der Waals surface area contributed by atoms with Crippen molar-refractivity contribution in [2.75, 3.05) is 33.5 Å². The number of nitrogens with zero attached hydrogens (tertiary/aromatic N) is 1. The third-order valence-electron chi connectivity index (χ3n) is 4.68. The highest BCUT2D eigenvalue weighted by molar-refractivity contribution is 6.32. The Bertz CT molecular complexity index is 846. The highest BCUT2D eigenvalue weighted by atomic mass is 35.5. The van der Waals surface area contributed by atoms with Crippen LogP contribution in [0.3, 0.4) is 0 Å². The van der Waals surface area contributed by atoms with Crippen LogP contribution in [-0.2, 0) is 0 Å². The largest absolute Gasteiger partial charge is 0.496 e. The molecule has 1 atom stereocenters. The first-order chi connectivity index (χ1) is 12.7. The van der Waals surface area contributed by atoms with Crippen LogP contribution < -0.4 is 19.5 Å². The van der Waals surface area contributed by atoms with E-state index in [4.69, 9.17) is 25.8 Å². The van der Waals surface area contributed by atoms with Gasteiger partial charge in [0.05, 0.1) is 18.2 Å². The van der Waals surface area contributed by atoms with Crippen molar-refractivity contribution < 1.29 is 19.0 Å². The van der Waals surface area contributed by atoms with E-state index in [0.29, 0.717) is 35.2 Å². The predicted molar refractivity (Wildman–Crippen MR) is 104 cm³/mol. The fourth-order valence-corrected chi connectivity index (χ4v) is 3.69. The van der Waals surface area contributed by atoms with Gasteiger partial charge in [-0.1, -0.05) is 29.8 Å². The summed E-state index contributed by atoms with van der Waals surface area (Å²) in [6.45, 7) is 2.10. The number of carbonyl (C=O) groups is 1. The van der Waals surface area contributed by atoms with Gasteiger partial charge in [0, 0.05) is 30.8 Å². The molecule has 0 aromatic heterocycles. The van der Waals surface area contributed by atoms with E-state index >= 15 is 0 Å². The minimum Gasteiger partial charge on any atom is -0.496 e. The molecule has 0 radical (unpaired) electrons. The van der Waals surface area contributed by atoms with Gasteiger partial charge in [-0.15, -0.1) is 12.4 Å². The van der Waals surface area contributed by atoms with Gasteiger partial charge < -0.3 is 24.4 Å². The topological polar surface area (TPSA) is 60.0 Å². The fraction of sp³-hybridized carbons (Fsp3) is 0.316. The molecule has 0 spiro atoms. The van der Waals surface area contributed by atoms with Crippen molar-refractivity contribution in [2.45, 2.75) is 6.04 Å².